The number of carbonyl (C=O) groups is 2. The van der Waals surface area contributed by atoms with Crippen LogP contribution in [0, 0.1) is 12.7 Å². The zero-order valence-electron chi connectivity index (χ0n) is 19.3. The molecular formula is C24H34FN5O2. The fraction of sp³-hybridized carbons (Fsp3) is 0.583. The molecule has 1 aromatic heterocycles. The predicted molar refractivity (Wildman–Crippen MR) is 123 cm³/mol. The van der Waals surface area contributed by atoms with Gasteiger partial charge in [0, 0.05) is 43.6 Å². The third-order valence-electron chi connectivity index (χ3n) is 6.81. The van der Waals surface area contributed by atoms with Crippen LogP contribution < -0.4 is 5.32 Å². The summed E-state index contributed by atoms with van der Waals surface area (Å²) < 4.78 is 14.1. The average molecular weight is 444 g/mol. The van der Waals surface area contributed by atoms with Crippen molar-refractivity contribution in [3.05, 3.63) is 35.3 Å². The van der Waals surface area contributed by atoms with Gasteiger partial charge < -0.3 is 20.1 Å². The van der Waals surface area contributed by atoms with Crippen molar-refractivity contribution in [3.8, 4) is 0 Å². The van der Waals surface area contributed by atoms with Crippen LogP contribution in [0.25, 0.3) is 10.9 Å². The predicted octanol–water partition coefficient (Wildman–Crippen LogP) is 2.36. The number of H-pyrrole nitrogens is 1. The molecule has 4 rings (SSSR count). The smallest absolute Gasteiger partial charge is 0.267 e. The van der Waals surface area contributed by atoms with E-state index in [0.29, 0.717) is 29.2 Å². The van der Waals surface area contributed by atoms with Crippen molar-refractivity contribution in [1.29, 1.82) is 0 Å². The van der Waals surface area contributed by atoms with Gasteiger partial charge in [-0.2, -0.15) is 0 Å². The standard InChI is InChI=1S/C24H34FN5O2/c1-16-7-8-20(25)19-14-21(27-23(16)19)24(32)26-17-5-4-6-18(13-17)29-9-11-30(12-10-29)22(31)15-28(2)3/h7-8,14,17-18,27H,4-6,9-13,15H2,1-3H3,(H,26,32)/t17-,18-/m1/s1. The number of halogens is 1. The fourth-order valence-electron chi connectivity index (χ4n) is 5.04. The second-order valence-corrected chi connectivity index (χ2v) is 9.48. The largest absolute Gasteiger partial charge is 0.350 e. The minimum absolute atomic E-state index is 0.104. The monoisotopic (exact) mass is 443 g/mol. The molecule has 1 aliphatic heterocycles. The van der Waals surface area contributed by atoms with E-state index >= 15 is 0 Å². The van der Waals surface area contributed by atoms with Crippen LogP contribution in [-0.2, 0) is 4.79 Å². The van der Waals surface area contributed by atoms with Gasteiger partial charge in [0.2, 0.25) is 5.91 Å². The van der Waals surface area contributed by atoms with Crippen LogP contribution in [0.2, 0.25) is 0 Å². The first-order valence-corrected chi connectivity index (χ1v) is 11.6. The number of benzene rings is 1. The molecule has 2 atom stereocenters. The number of aryl methyl sites for hydroxylation is 1. The van der Waals surface area contributed by atoms with Gasteiger partial charge in [-0.15, -0.1) is 0 Å². The number of nitrogens with one attached hydrogen (secondary N) is 2. The van der Waals surface area contributed by atoms with Gasteiger partial charge in [-0.3, -0.25) is 14.5 Å². The molecule has 2 heterocycles. The Labute approximate surface area is 188 Å². The van der Waals surface area contributed by atoms with Gasteiger partial charge in [-0.05, 0) is 64.4 Å². The highest BCUT2D eigenvalue weighted by Gasteiger charge is 2.31. The number of likely N-dealkylation sites (N-methyl/N-ethyl adjacent to an activating group) is 1. The van der Waals surface area contributed by atoms with E-state index in [1.807, 2.05) is 30.8 Å². The third-order valence-corrected chi connectivity index (χ3v) is 6.81. The fourth-order valence-corrected chi connectivity index (χ4v) is 5.04. The molecule has 174 valence electrons. The first-order chi connectivity index (χ1) is 15.3. The number of aromatic amines is 1. The van der Waals surface area contributed by atoms with Gasteiger partial charge in [0.25, 0.3) is 5.91 Å². The van der Waals surface area contributed by atoms with Crippen molar-refractivity contribution in [2.75, 3.05) is 46.8 Å². The summed E-state index contributed by atoms with van der Waals surface area (Å²) in [6.07, 6.45) is 4.05. The number of aromatic nitrogens is 1. The quantitative estimate of drug-likeness (QED) is 0.744. The van der Waals surface area contributed by atoms with Gasteiger partial charge in [-0.25, -0.2) is 4.39 Å². The highest BCUT2D eigenvalue weighted by atomic mass is 19.1. The summed E-state index contributed by atoms with van der Waals surface area (Å²) in [6.45, 7) is 5.64. The number of carbonyl (C=O) groups excluding carboxylic acids is 2. The second-order valence-electron chi connectivity index (χ2n) is 9.48. The summed E-state index contributed by atoms with van der Waals surface area (Å²) in [6, 6.07) is 5.29. The zero-order valence-corrected chi connectivity index (χ0v) is 19.3. The van der Waals surface area contributed by atoms with Crippen LogP contribution in [0.15, 0.2) is 18.2 Å². The Morgan fingerprint density at radius 2 is 1.94 bits per heavy atom. The lowest BCUT2D eigenvalue weighted by atomic mass is 9.89. The highest BCUT2D eigenvalue weighted by molar-refractivity contribution is 5.99. The van der Waals surface area contributed by atoms with Crippen LogP contribution >= 0.6 is 0 Å². The van der Waals surface area contributed by atoms with E-state index < -0.39 is 0 Å². The number of piperazine rings is 1. The van der Waals surface area contributed by atoms with Crippen molar-refractivity contribution >= 4 is 22.7 Å². The van der Waals surface area contributed by atoms with Gasteiger partial charge in [0.15, 0.2) is 0 Å². The van der Waals surface area contributed by atoms with E-state index in [0.717, 1.165) is 57.4 Å². The Bertz CT molecular complexity index is 941. The van der Waals surface area contributed by atoms with Crippen LogP contribution in [0.5, 0.6) is 0 Å². The Morgan fingerprint density at radius 1 is 1.19 bits per heavy atom. The summed E-state index contributed by atoms with van der Waals surface area (Å²) in [5.41, 5.74) is 2.00. The maximum atomic E-state index is 14.1. The Morgan fingerprint density at radius 3 is 2.62 bits per heavy atom. The number of nitrogens with zero attached hydrogens (tertiary/aromatic N) is 3. The third kappa shape index (κ3) is 4.96. The van der Waals surface area contributed by atoms with Crippen molar-refractivity contribution in [2.45, 2.75) is 44.7 Å². The minimum atomic E-state index is -0.318. The van der Waals surface area contributed by atoms with Crippen molar-refractivity contribution in [1.82, 2.24) is 25.0 Å². The molecule has 1 saturated heterocycles. The van der Waals surface area contributed by atoms with Crippen LogP contribution in [0.3, 0.4) is 0 Å². The van der Waals surface area contributed by atoms with E-state index in [9.17, 15) is 14.0 Å². The van der Waals surface area contributed by atoms with Crippen molar-refractivity contribution < 1.29 is 14.0 Å². The van der Waals surface area contributed by atoms with Gasteiger partial charge >= 0.3 is 0 Å². The van der Waals surface area contributed by atoms with E-state index in [1.54, 1.807) is 12.1 Å². The van der Waals surface area contributed by atoms with Gasteiger partial charge in [-0.1, -0.05) is 6.07 Å². The second kappa shape index (κ2) is 9.58. The molecule has 2 fully saturated rings. The molecule has 2 aliphatic rings. The summed E-state index contributed by atoms with van der Waals surface area (Å²) >= 11 is 0. The Kier molecular flexibility index (Phi) is 6.81. The maximum Gasteiger partial charge on any atom is 0.267 e. The molecule has 7 nitrogen and oxygen atoms in total. The summed E-state index contributed by atoms with van der Waals surface area (Å²) in [4.78, 5) is 34.6. The molecule has 8 heteroatoms. The summed E-state index contributed by atoms with van der Waals surface area (Å²) in [5, 5.41) is 3.62. The molecule has 0 radical (unpaired) electrons. The topological polar surface area (TPSA) is 71.7 Å². The number of fused-ring (bicyclic) bond motifs is 1. The number of hydrogen-bond acceptors (Lipinski definition) is 4. The highest BCUT2D eigenvalue weighted by Crippen LogP contribution is 2.26. The normalized spacial score (nSPS) is 22.5. The van der Waals surface area contributed by atoms with Crippen molar-refractivity contribution in [2.24, 2.45) is 0 Å². The summed E-state index contributed by atoms with van der Waals surface area (Å²) in [7, 11) is 3.83. The molecule has 1 saturated carbocycles. The maximum absolute atomic E-state index is 14.1. The first-order valence-electron chi connectivity index (χ1n) is 11.6. The lowest BCUT2D eigenvalue weighted by Gasteiger charge is -2.42. The van der Waals surface area contributed by atoms with Crippen LogP contribution in [0.4, 0.5) is 4.39 Å². The average Bonchev–Trinajstić information content (AvgIpc) is 3.23. The Balaban J connectivity index is 1.33. The summed E-state index contributed by atoms with van der Waals surface area (Å²) in [5.74, 6) is -0.306. The van der Waals surface area contributed by atoms with Crippen LogP contribution in [0.1, 0.15) is 41.7 Å². The minimum Gasteiger partial charge on any atom is -0.350 e. The molecule has 2 aromatic rings. The van der Waals surface area contributed by atoms with E-state index in [-0.39, 0.29) is 23.7 Å². The molecule has 2 amide bonds. The SMILES string of the molecule is Cc1ccc(F)c2cc(C(=O)N[C@@H]3CCC[C@@H](N4CCN(C(=O)CN(C)C)CC4)C3)[nH]c12. The molecule has 1 aromatic carbocycles. The van der Waals surface area contributed by atoms with Gasteiger partial charge in [0.05, 0.1) is 12.1 Å². The Hall–Kier alpha value is -2.45. The molecule has 2 N–H and O–H groups in total. The van der Waals surface area contributed by atoms with Crippen LogP contribution in [-0.4, -0.2) is 90.4 Å². The number of rotatable bonds is 5. The van der Waals surface area contributed by atoms with E-state index in [4.69, 9.17) is 0 Å². The molecule has 0 spiro atoms. The first kappa shape index (κ1) is 22.7. The molecule has 0 bridgehead atoms. The van der Waals surface area contributed by atoms with Crippen molar-refractivity contribution in [3.63, 3.8) is 0 Å². The zero-order chi connectivity index (χ0) is 22.8. The lowest BCUT2D eigenvalue weighted by Crippen LogP contribution is -2.55. The number of hydrogen-bond donors (Lipinski definition) is 2. The van der Waals surface area contributed by atoms with Gasteiger partial charge in [0.1, 0.15) is 11.5 Å². The van der Waals surface area contributed by atoms with E-state index in [2.05, 4.69) is 15.2 Å². The molecule has 0 unspecified atom stereocenters. The van der Waals surface area contributed by atoms with E-state index in [1.165, 1.54) is 6.07 Å². The molecular weight excluding hydrogens is 409 g/mol. The molecule has 32 heavy (non-hydrogen) atoms. The lowest BCUT2D eigenvalue weighted by molar-refractivity contribution is -0.134. The molecule has 1 aliphatic carbocycles. The number of amides is 2.